The summed E-state index contributed by atoms with van der Waals surface area (Å²) in [6, 6.07) is 15.6. The van der Waals surface area contributed by atoms with Gasteiger partial charge in [-0.05, 0) is 41.8 Å². The zero-order valence-corrected chi connectivity index (χ0v) is 13.0. The minimum atomic E-state index is -0.179. The Morgan fingerprint density at radius 2 is 1.50 bits per heavy atom. The second kappa shape index (κ2) is 6.93. The van der Waals surface area contributed by atoms with Crippen LogP contribution in [0.1, 0.15) is 30.4 Å². The van der Waals surface area contributed by atoms with Crippen molar-refractivity contribution in [3.63, 3.8) is 0 Å². The lowest BCUT2D eigenvalue weighted by molar-refractivity contribution is 0.122. The Hall–Kier alpha value is -1.87. The molecule has 1 heterocycles. The molecule has 1 atom stereocenters. The van der Waals surface area contributed by atoms with Gasteiger partial charge in [-0.1, -0.05) is 31.2 Å². The Morgan fingerprint density at radius 1 is 0.955 bits per heavy atom. The third-order valence-electron chi connectivity index (χ3n) is 4.35. The lowest BCUT2D eigenvalue weighted by Gasteiger charge is -2.29. The van der Waals surface area contributed by atoms with Gasteiger partial charge in [0.1, 0.15) is 5.82 Å². The van der Waals surface area contributed by atoms with Crippen LogP contribution >= 0.6 is 0 Å². The van der Waals surface area contributed by atoms with E-state index in [1.807, 2.05) is 12.1 Å². The number of nitrogens with zero attached hydrogens (tertiary/aromatic N) is 1. The van der Waals surface area contributed by atoms with E-state index in [1.54, 1.807) is 12.1 Å². The molecule has 0 saturated carbocycles. The Morgan fingerprint density at radius 3 is 2.05 bits per heavy atom. The monoisotopic (exact) mass is 299 g/mol. The van der Waals surface area contributed by atoms with E-state index >= 15 is 0 Å². The fourth-order valence-electron chi connectivity index (χ4n) is 3.10. The van der Waals surface area contributed by atoms with Crippen LogP contribution in [0.25, 0.3) is 0 Å². The van der Waals surface area contributed by atoms with Crippen LogP contribution in [0.2, 0.25) is 0 Å². The highest BCUT2D eigenvalue weighted by molar-refractivity contribution is 5.49. The van der Waals surface area contributed by atoms with Crippen LogP contribution in [0.15, 0.2) is 48.5 Å². The summed E-state index contributed by atoms with van der Waals surface area (Å²) in [5.74, 6) is 0.139. The molecule has 0 amide bonds. The van der Waals surface area contributed by atoms with Gasteiger partial charge in [-0.2, -0.15) is 0 Å². The summed E-state index contributed by atoms with van der Waals surface area (Å²) in [4.78, 5) is 2.35. The van der Waals surface area contributed by atoms with Crippen LogP contribution < -0.4 is 4.90 Å². The van der Waals surface area contributed by atoms with Gasteiger partial charge in [-0.25, -0.2) is 4.39 Å². The van der Waals surface area contributed by atoms with Gasteiger partial charge in [-0.15, -0.1) is 0 Å². The molecule has 1 aliphatic rings. The molecule has 1 aliphatic heterocycles. The summed E-state index contributed by atoms with van der Waals surface area (Å²) in [6.45, 7) is 5.68. The van der Waals surface area contributed by atoms with Crippen LogP contribution in [-0.4, -0.2) is 26.3 Å². The second-order valence-corrected chi connectivity index (χ2v) is 5.70. The number of halogens is 1. The average molecular weight is 299 g/mol. The van der Waals surface area contributed by atoms with E-state index in [0.717, 1.165) is 32.7 Å². The predicted molar refractivity (Wildman–Crippen MR) is 88.0 cm³/mol. The van der Waals surface area contributed by atoms with Gasteiger partial charge in [0.15, 0.2) is 0 Å². The first-order chi connectivity index (χ1) is 10.8. The molecule has 3 heteroatoms. The molecule has 0 aromatic heterocycles. The normalized spacial score (nSPS) is 16.5. The van der Waals surface area contributed by atoms with Crippen molar-refractivity contribution in [1.29, 1.82) is 0 Å². The average Bonchev–Trinajstić information content (AvgIpc) is 2.59. The van der Waals surface area contributed by atoms with Crippen molar-refractivity contribution in [2.45, 2.75) is 19.3 Å². The molecular weight excluding hydrogens is 277 g/mol. The molecule has 0 spiro atoms. The van der Waals surface area contributed by atoms with Gasteiger partial charge in [0.05, 0.1) is 13.2 Å². The van der Waals surface area contributed by atoms with Gasteiger partial charge in [0.2, 0.25) is 0 Å². The Bertz CT molecular complexity index is 588. The van der Waals surface area contributed by atoms with Gasteiger partial charge in [-0.3, -0.25) is 0 Å². The lowest BCUT2D eigenvalue weighted by atomic mass is 9.89. The highest BCUT2D eigenvalue weighted by Crippen LogP contribution is 2.29. The van der Waals surface area contributed by atoms with Crippen LogP contribution in [0.5, 0.6) is 0 Å². The molecule has 22 heavy (non-hydrogen) atoms. The standard InChI is InChI=1S/C19H22FNO/c1-2-19(15-3-7-17(20)8-4-15)16-5-9-18(10-6-16)21-11-13-22-14-12-21/h3-10,19H,2,11-14H2,1H3. The molecule has 1 unspecified atom stereocenters. The number of hydrogen-bond acceptors (Lipinski definition) is 2. The quantitative estimate of drug-likeness (QED) is 0.839. The molecule has 3 rings (SSSR count). The number of rotatable bonds is 4. The number of morpholine rings is 1. The SMILES string of the molecule is CCC(c1ccc(F)cc1)c1ccc(N2CCOCC2)cc1. The van der Waals surface area contributed by atoms with Gasteiger partial charge >= 0.3 is 0 Å². The number of ether oxygens (including phenoxy) is 1. The predicted octanol–water partition coefficient (Wildman–Crippen LogP) is 4.20. The summed E-state index contributed by atoms with van der Waals surface area (Å²) in [5, 5.41) is 0. The summed E-state index contributed by atoms with van der Waals surface area (Å²) < 4.78 is 18.5. The molecule has 0 N–H and O–H groups in total. The third-order valence-corrected chi connectivity index (χ3v) is 4.35. The first kappa shape index (κ1) is 15.0. The Labute approximate surface area is 131 Å². The Kier molecular flexibility index (Phi) is 4.74. The van der Waals surface area contributed by atoms with Crippen molar-refractivity contribution in [3.8, 4) is 0 Å². The molecule has 1 saturated heterocycles. The van der Waals surface area contributed by atoms with E-state index < -0.39 is 0 Å². The molecular formula is C19H22FNO. The maximum atomic E-state index is 13.1. The molecule has 2 aromatic carbocycles. The van der Waals surface area contributed by atoms with E-state index in [-0.39, 0.29) is 5.82 Å². The van der Waals surface area contributed by atoms with Crippen molar-refractivity contribution < 1.29 is 9.13 Å². The summed E-state index contributed by atoms with van der Waals surface area (Å²) in [5.41, 5.74) is 3.70. The molecule has 0 aliphatic carbocycles. The zero-order valence-electron chi connectivity index (χ0n) is 13.0. The van der Waals surface area contributed by atoms with Gasteiger partial charge in [0, 0.05) is 24.7 Å². The maximum Gasteiger partial charge on any atom is 0.123 e. The maximum absolute atomic E-state index is 13.1. The summed E-state index contributed by atoms with van der Waals surface area (Å²) >= 11 is 0. The topological polar surface area (TPSA) is 12.5 Å². The smallest absolute Gasteiger partial charge is 0.123 e. The fraction of sp³-hybridized carbons (Fsp3) is 0.368. The van der Waals surface area contributed by atoms with Gasteiger partial charge in [0.25, 0.3) is 0 Å². The largest absolute Gasteiger partial charge is 0.378 e. The minimum absolute atomic E-state index is 0.179. The fourth-order valence-corrected chi connectivity index (χ4v) is 3.10. The van der Waals surface area contributed by atoms with E-state index in [1.165, 1.54) is 16.8 Å². The van der Waals surface area contributed by atoms with Crippen molar-refractivity contribution in [3.05, 3.63) is 65.5 Å². The number of benzene rings is 2. The van der Waals surface area contributed by atoms with Crippen LogP contribution in [0.3, 0.4) is 0 Å². The first-order valence-corrected chi connectivity index (χ1v) is 7.96. The Balaban J connectivity index is 1.79. The summed E-state index contributed by atoms with van der Waals surface area (Å²) in [6.07, 6.45) is 1.00. The minimum Gasteiger partial charge on any atom is -0.378 e. The highest BCUT2D eigenvalue weighted by atomic mass is 19.1. The van der Waals surface area contributed by atoms with E-state index in [0.29, 0.717) is 5.92 Å². The van der Waals surface area contributed by atoms with E-state index in [4.69, 9.17) is 4.74 Å². The first-order valence-electron chi connectivity index (χ1n) is 7.96. The van der Waals surface area contributed by atoms with Crippen LogP contribution in [0, 0.1) is 5.82 Å². The number of anilines is 1. The lowest BCUT2D eigenvalue weighted by Crippen LogP contribution is -2.36. The van der Waals surface area contributed by atoms with Crippen molar-refractivity contribution in [1.82, 2.24) is 0 Å². The second-order valence-electron chi connectivity index (χ2n) is 5.70. The van der Waals surface area contributed by atoms with Crippen LogP contribution in [-0.2, 0) is 4.74 Å². The van der Waals surface area contributed by atoms with E-state index in [2.05, 4.69) is 36.1 Å². The summed E-state index contributed by atoms with van der Waals surface area (Å²) in [7, 11) is 0. The third kappa shape index (κ3) is 3.30. The molecule has 0 bridgehead atoms. The zero-order chi connectivity index (χ0) is 15.4. The highest BCUT2D eigenvalue weighted by Gasteiger charge is 2.14. The van der Waals surface area contributed by atoms with Crippen molar-refractivity contribution in [2.24, 2.45) is 0 Å². The van der Waals surface area contributed by atoms with Crippen LogP contribution in [0.4, 0.5) is 10.1 Å². The molecule has 116 valence electrons. The number of hydrogen-bond donors (Lipinski definition) is 0. The molecule has 0 radical (unpaired) electrons. The molecule has 1 fully saturated rings. The van der Waals surface area contributed by atoms with E-state index in [9.17, 15) is 4.39 Å². The van der Waals surface area contributed by atoms with Crippen molar-refractivity contribution >= 4 is 5.69 Å². The van der Waals surface area contributed by atoms with Crippen molar-refractivity contribution in [2.75, 3.05) is 31.2 Å². The van der Waals surface area contributed by atoms with Gasteiger partial charge < -0.3 is 9.64 Å². The molecule has 2 nitrogen and oxygen atoms in total. The molecule has 2 aromatic rings.